The molecular formula is C22H29N5O. The first-order valence-corrected chi connectivity index (χ1v) is 10.0. The predicted molar refractivity (Wildman–Crippen MR) is 113 cm³/mol. The molecular weight excluding hydrogens is 350 g/mol. The molecule has 6 heteroatoms. The van der Waals surface area contributed by atoms with E-state index < -0.39 is 0 Å². The lowest BCUT2D eigenvalue weighted by Crippen LogP contribution is -2.48. The maximum absolute atomic E-state index is 12.7. The van der Waals surface area contributed by atoms with E-state index in [1.54, 1.807) is 6.07 Å². The van der Waals surface area contributed by atoms with Crippen molar-refractivity contribution in [3.63, 3.8) is 0 Å². The van der Waals surface area contributed by atoms with Gasteiger partial charge in [0, 0.05) is 45.8 Å². The number of amides is 1. The Bertz CT molecular complexity index is 763. The minimum atomic E-state index is -0.0296. The first kappa shape index (κ1) is 20.0. The highest BCUT2D eigenvalue weighted by molar-refractivity contribution is 5.92. The Labute approximate surface area is 167 Å². The average molecular weight is 380 g/mol. The summed E-state index contributed by atoms with van der Waals surface area (Å²) in [6.45, 7) is 9.99. The van der Waals surface area contributed by atoms with Crippen LogP contribution in [-0.4, -0.2) is 71.7 Å². The first-order chi connectivity index (χ1) is 13.7. The second-order valence-electron chi connectivity index (χ2n) is 6.85. The summed E-state index contributed by atoms with van der Waals surface area (Å²) < 4.78 is 0. The van der Waals surface area contributed by atoms with Crippen LogP contribution in [-0.2, 0) is 0 Å². The minimum Gasteiger partial charge on any atom is -0.356 e. The summed E-state index contributed by atoms with van der Waals surface area (Å²) in [5.74, 6) is 0.787. The lowest BCUT2D eigenvalue weighted by Gasteiger charge is -2.33. The number of piperazine rings is 1. The van der Waals surface area contributed by atoms with Gasteiger partial charge in [-0.1, -0.05) is 42.5 Å². The molecule has 28 heavy (non-hydrogen) atoms. The predicted octanol–water partition coefficient (Wildman–Crippen LogP) is 2.79. The van der Waals surface area contributed by atoms with Gasteiger partial charge in [-0.05, 0) is 31.5 Å². The van der Waals surface area contributed by atoms with Gasteiger partial charge >= 0.3 is 0 Å². The van der Waals surface area contributed by atoms with Crippen LogP contribution < -0.4 is 4.90 Å². The molecule has 148 valence electrons. The van der Waals surface area contributed by atoms with E-state index >= 15 is 0 Å². The Morgan fingerprint density at radius 1 is 1.00 bits per heavy atom. The topological polar surface area (TPSA) is 52.6 Å². The molecule has 2 heterocycles. The molecule has 1 aromatic carbocycles. The normalized spacial score (nSPS) is 15.1. The number of aromatic nitrogens is 2. The summed E-state index contributed by atoms with van der Waals surface area (Å²) in [6.07, 6.45) is 4.33. The number of hydrogen-bond acceptors (Lipinski definition) is 5. The number of carbonyl (C=O) groups is 1. The highest BCUT2D eigenvalue weighted by Crippen LogP contribution is 2.12. The molecule has 1 amide bonds. The van der Waals surface area contributed by atoms with Gasteiger partial charge in [-0.25, -0.2) is 0 Å². The second kappa shape index (κ2) is 9.99. The zero-order chi connectivity index (χ0) is 19.8. The molecule has 1 saturated heterocycles. The zero-order valence-corrected chi connectivity index (χ0v) is 16.8. The Morgan fingerprint density at radius 3 is 2.32 bits per heavy atom. The van der Waals surface area contributed by atoms with Crippen molar-refractivity contribution >= 4 is 17.8 Å². The molecule has 2 aromatic rings. The standard InChI is InChI=1S/C22H29N5O/c1-3-26(4-2)21-13-12-20(23-24-21)22(28)27-17-15-25(16-18-27)14-8-11-19-9-6-5-7-10-19/h5-13H,3-4,14-18H2,1-2H3/b11-8+. The fourth-order valence-electron chi connectivity index (χ4n) is 3.35. The molecule has 1 aliphatic heterocycles. The van der Waals surface area contributed by atoms with Gasteiger partial charge in [-0.2, -0.15) is 0 Å². The Kier molecular flexibility index (Phi) is 7.14. The van der Waals surface area contributed by atoms with Gasteiger partial charge < -0.3 is 9.80 Å². The van der Waals surface area contributed by atoms with Gasteiger partial charge in [0.1, 0.15) is 0 Å². The molecule has 1 fully saturated rings. The van der Waals surface area contributed by atoms with Crippen LogP contribution in [0.2, 0.25) is 0 Å². The van der Waals surface area contributed by atoms with Crippen molar-refractivity contribution in [2.24, 2.45) is 0 Å². The van der Waals surface area contributed by atoms with Gasteiger partial charge in [0.25, 0.3) is 5.91 Å². The molecule has 0 spiro atoms. The highest BCUT2D eigenvalue weighted by atomic mass is 16.2. The third-order valence-corrected chi connectivity index (χ3v) is 5.09. The van der Waals surface area contributed by atoms with Crippen molar-refractivity contribution in [3.8, 4) is 0 Å². The van der Waals surface area contributed by atoms with Gasteiger partial charge in [0.15, 0.2) is 11.5 Å². The van der Waals surface area contributed by atoms with Crippen molar-refractivity contribution in [3.05, 3.63) is 59.8 Å². The molecule has 3 rings (SSSR count). The Morgan fingerprint density at radius 2 is 1.71 bits per heavy atom. The van der Waals surface area contributed by atoms with Crippen molar-refractivity contribution in [1.82, 2.24) is 20.0 Å². The van der Waals surface area contributed by atoms with Gasteiger partial charge in [-0.15, -0.1) is 10.2 Å². The average Bonchev–Trinajstić information content (AvgIpc) is 2.76. The van der Waals surface area contributed by atoms with E-state index in [1.165, 1.54) is 5.56 Å². The summed E-state index contributed by atoms with van der Waals surface area (Å²) >= 11 is 0. The van der Waals surface area contributed by atoms with E-state index in [1.807, 2.05) is 29.2 Å². The fourth-order valence-corrected chi connectivity index (χ4v) is 3.35. The van der Waals surface area contributed by atoms with Crippen LogP contribution in [0.3, 0.4) is 0 Å². The third-order valence-electron chi connectivity index (χ3n) is 5.09. The quantitative estimate of drug-likeness (QED) is 0.740. The largest absolute Gasteiger partial charge is 0.356 e. The lowest BCUT2D eigenvalue weighted by atomic mass is 10.2. The monoisotopic (exact) mass is 379 g/mol. The van der Waals surface area contributed by atoms with E-state index in [-0.39, 0.29) is 5.91 Å². The molecule has 0 radical (unpaired) electrons. The molecule has 0 unspecified atom stereocenters. The van der Waals surface area contributed by atoms with Gasteiger partial charge in [0.05, 0.1) is 0 Å². The lowest BCUT2D eigenvalue weighted by molar-refractivity contribution is 0.0643. The Hall–Kier alpha value is -2.73. The summed E-state index contributed by atoms with van der Waals surface area (Å²) in [4.78, 5) is 19.1. The summed E-state index contributed by atoms with van der Waals surface area (Å²) in [5, 5.41) is 8.39. The number of carbonyl (C=O) groups excluding carboxylic acids is 1. The van der Waals surface area contributed by atoms with Crippen LogP contribution in [0.4, 0.5) is 5.82 Å². The van der Waals surface area contributed by atoms with E-state index in [0.29, 0.717) is 5.69 Å². The second-order valence-corrected chi connectivity index (χ2v) is 6.85. The zero-order valence-electron chi connectivity index (χ0n) is 16.8. The van der Waals surface area contributed by atoms with E-state index in [2.05, 4.69) is 58.1 Å². The van der Waals surface area contributed by atoms with Crippen LogP contribution in [0, 0.1) is 0 Å². The summed E-state index contributed by atoms with van der Waals surface area (Å²) in [7, 11) is 0. The molecule has 0 aliphatic carbocycles. The van der Waals surface area contributed by atoms with Crippen LogP contribution in [0.25, 0.3) is 6.08 Å². The molecule has 1 aliphatic rings. The fraction of sp³-hybridized carbons (Fsp3) is 0.409. The number of anilines is 1. The number of benzene rings is 1. The molecule has 0 bridgehead atoms. The van der Waals surface area contributed by atoms with Crippen molar-refractivity contribution in [1.29, 1.82) is 0 Å². The van der Waals surface area contributed by atoms with Crippen molar-refractivity contribution < 1.29 is 4.79 Å². The SMILES string of the molecule is CCN(CC)c1ccc(C(=O)N2CCN(C/C=C/c3ccccc3)CC2)nn1. The van der Waals surface area contributed by atoms with Crippen molar-refractivity contribution in [2.75, 3.05) is 50.7 Å². The maximum atomic E-state index is 12.7. The first-order valence-electron chi connectivity index (χ1n) is 10.0. The maximum Gasteiger partial charge on any atom is 0.274 e. The number of rotatable bonds is 7. The molecule has 0 atom stereocenters. The van der Waals surface area contributed by atoms with Gasteiger partial charge in [-0.3, -0.25) is 9.69 Å². The van der Waals surface area contributed by atoms with E-state index in [9.17, 15) is 4.79 Å². The smallest absolute Gasteiger partial charge is 0.274 e. The summed E-state index contributed by atoms with van der Waals surface area (Å²) in [6, 6.07) is 14.0. The number of nitrogens with zero attached hydrogens (tertiary/aromatic N) is 5. The number of hydrogen-bond donors (Lipinski definition) is 0. The Balaban J connectivity index is 1.49. The van der Waals surface area contributed by atoms with Crippen LogP contribution in [0.5, 0.6) is 0 Å². The van der Waals surface area contributed by atoms with E-state index in [0.717, 1.165) is 51.6 Å². The van der Waals surface area contributed by atoms with Crippen LogP contribution in [0.1, 0.15) is 29.9 Å². The highest BCUT2D eigenvalue weighted by Gasteiger charge is 2.22. The minimum absolute atomic E-state index is 0.0296. The molecule has 1 aromatic heterocycles. The molecule has 0 N–H and O–H groups in total. The summed E-state index contributed by atoms with van der Waals surface area (Å²) in [5.41, 5.74) is 1.64. The van der Waals surface area contributed by atoms with Crippen LogP contribution >= 0.6 is 0 Å². The third kappa shape index (κ3) is 5.16. The van der Waals surface area contributed by atoms with E-state index in [4.69, 9.17) is 0 Å². The van der Waals surface area contributed by atoms with Gasteiger partial charge in [0.2, 0.25) is 0 Å². The molecule has 0 saturated carbocycles. The molecule has 6 nitrogen and oxygen atoms in total. The van der Waals surface area contributed by atoms with Crippen LogP contribution in [0.15, 0.2) is 48.5 Å². The van der Waals surface area contributed by atoms with Crippen molar-refractivity contribution in [2.45, 2.75) is 13.8 Å².